The molecule has 22 heavy (non-hydrogen) atoms. The van der Waals surface area contributed by atoms with Gasteiger partial charge in [0, 0.05) is 5.56 Å². The monoisotopic (exact) mass is 375 g/mol. The first-order valence-corrected chi connectivity index (χ1v) is 6.94. The van der Waals surface area contributed by atoms with E-state index < -0.39 is 0 Å². The average Bonchev–Trinajstić information content (AvgIpc) is 2.54. The summed E-state index contributed by atoms with van der Waals surface area (Å²) in [4.78, 5) is 13.7. The summed E-state index contributed by atoms with van der Waals surface area (Å²) in [6.07, 6.45) is 0. The molecule has 1 aliphatic heterocycles. The van der Waals surface area contributed by atoms with Gasteiger partial charge in [-0.1, -0.05) is 0 Å². The quantitative estimate of drug-likeness (QED) is 0.531. The standard InChI is InChI=1S/C15H21NO5.BrH/c1-18-13-8-11(9-14(19-2)15(13)20-3)12(17)10-16-4-6-21-7-5-16;/h8-9H,4-7,10H2,1-3H3;1H. The highest BCUT2D eigenvalue weighted by Gasteiger charge is 2.22. The SMILES string of the molecule is COc1cc(C(=O)C[NH+]2CCOCC2)cc(OC)c1OC.[Br-]. The van der Waals surface area contributed by atoms with Crippen molar-refractivity contribution in [2.75, 3.05) is 54.2 Å². The molecule has 1 aromatic rings. The van der Waals surface area contributed by atoms with Crippen LogP contribution in [-0.4, -0.2) is 60.0 Å². The van der Waals surface area contributed by atoms with Crippen LogP contribution in [0.3, 0.4) is 0 Å². The van der Waals surface area contributed by atoms with Crippen LogP contribution in [0.2, 0.25) is 0 Å². The smallest absolute Gasteiger partial charge is 0.217 e. The Labute approximate surface area is 141 Å². The van der Waals surface area contributed by atoms with Crippen LogP contribution in [0.15, 0.2) is 12.1 Å². The summed E-state index contributed by atoms with van der Waals surface area (Å²) in [6.45, 7) is 3.57. The van der Waals surface area contributed by atoms with Crippen molar-refractivity contribution < 1.29 is 45.6 Å². The van der Waals surface area contributed by atoms with Crippen LogP contribution in [0, 0.1) is 0 Å². The van der Waals surface area contributed by atoms with Crippen LogP contribution in [0.1, 0.15) is 10.4 Å². The fraction of sp³-hybridized carbons (Fsp3) is 0.533. The van der Waals surface area contributed by atoms with Crippen molar-refractivity contribution >= 4 is 5.78 Å². The number of rotatable bonds is 6. The molecule has 0 saturated carbocycles. The van der Waals surface area contributed by atoms with Gasteiger partial charge in [-0.2, -0.15) is 0 Å². The van der Waals surface area contributed by atoms with Crippen molar-refractivity contribution in [2.45, 2.75) is 0 Å². The molecule has 1 heterocycles. The first-order chi connectivity index (χ1) is 10.2. The van der Waals surface area contributed by atoms with E-state index in [2.05, 4.69) is 0 Å². The van der Waals surface area contributed by atoms with Crippen LogP contribution in [0.25, 0.3) is 0 Å². The lowest BCUT2D eigenvalue weighted by Crippen LogP contribution is -3.14. The molecule has 1 saturated heterocycles. The molecule has 1 N–H and O–H groups in total. The molecule has 0 amide bonds. The van der Waals surface area contributed by atoms with Crippen molar-refractivity contribution in [2.24, 2.45) is 0 Å². The van der Waals surface area contributed by atoms with E-state index in [0.717, 1.165) is 13.1 Å². The van der Waals surface area contributed by atoms with Crippen molar-refractivity contribution in [3.63, 3.8) is 0 Å². The second-order valence-electron chi connectivity index (χ2n) is 4.88. The van der Waals surface area contributed by atoms with Gasteiger partial charge in [-0.05, 0) is 12.1 Å². The van der Waals surface area contributed by atoms with E-state index in [0.29, 0.717) is 42.6 Å². The zero-order valence-electron chi connectivity index (χ0n) is 13.1. The minimum absolute atomic E-state index is 0. The Balaban J connectivity index is 0.00000242. The van der Waals surface area contributed by atoms with E-state index in [1.54, 1.807) is 33.5 Å². The third kappa shape index (κ3) is 4.34. The highest BCUT2D eigenvalue weighted by atomic mass is 79.9. The first-order valence-electron chi connectivity index (χ1n) is 6.94. The largest absolute Gasteiger partial charge is 1.00 e. The van der Waals surface area contributed by atoms with Crippen LogP contribution in [0.4, 0.5) is 0 Å². The fourth-order valence-corrected chi connectivity index (χ4v) is 2.41. The van der Waals surface area contributed by atoms with Crippen molar-refractivity contribution in [3.8, 4) is 17.2 Å². The Morgan fingerprint density at radius 2 is 1.64 bits per heavy atom. The number of carbonyl (C=O) groups is 1. The Bertz CT molecular complexity index is 478. The Hall–Kier alpha value is -1.31. The number of halogens is 1. The fourth-order valence-electron chi connectivity index (χ4n) is 2.41. The average molecular weight is 376 g/mol. The minimum Gasteiger partial charge on any atom is -1.00 e. The molecule has 0 spiro atoms. The number of quaternary nitrogens is 1. The molecule has 0 radical (unpaired) electrons. The lowest BCUT2D eigenvalue weighted by molar-refractivity contribution is -0.899. The number of ether oxygens (including phenoxy) is 4. The van der Waals surface area contributed by atoms with E-state index in [9.17, 15) is 4.79 Å². The topological polar surface area (TPSA) is 58.4 Å². The third-order valence-electron chi connectivity index (χ3n) is 3.60. The van der Waals surface area contributed by atoms with Crippen molar-refractivity contribution in [1.82, 2.24) is 0 Å². The van der Waals surface area contributed by atoms with Gasteiger partial charge in [0.1, 0.15) is 19.6 Å². The van der Waals surface area contributed by atoms with E-state index in [4.69, 9.17) is 18.9 Å². The molecule has 0 unspecified atom stereocenters. The normalized spacial score (nSPS) is 14.9. The summed E-state index contributed by atoms with van der Waals surface area (Å²) in [5.41, 5.74) is 0.573. The van der Waals surface area contributed by atoms with Crippen LogP contribution in [-0.2, 0) is 4.74 Å². The number of nitrogens with one attached hydrogen (secondary N) is 1. The zero-order chi connectivity index (χ0) is 15.2. The third-order valence-corrected chi connectivity index (χ3v) is 3.60. The number of ketones is 1. The van der Waals surface area contributed by atoms with Crippen LogP contribution in [0.5, 0.6) is 17.2 Å². The molecule has 0 atom stereocenters. The highest BCUT2D eigenvalue weighted by molar-refractivity contribution is 5.98. The van der Waals surface area contributed by atoms with Crippen LogP contribution < -0.4 is 36.1 Å². The predicted octanol–water partition coefficient (Wildman–Crippen LogP) is -3.19. The number of hydrogen-bond donors (Lipinski definition) is 1. The molecular weight excluding hydrogens is 354 g/mol. The molecule has 0 aliphatic carbocycles. The molecule has 1 aliphatic rings. The van der Waals surface area contributed by atoms with Gasteiger partial charge in [0.05, 0.1) is 34.5 Å². The number of benzene rings is 1. The Morgan fingerprint density at radius 3 is 2.09 bits per heavy atom. The van der Waals surface area contributed by atoms with Gasteiger partial charge in [-0.15, -0.1) is 0 Å². The molecule has 124 valence electrons. The molecule has 0 aromatic heterocycles. The summed E-state index contributed by atoms with van der Waals surface area (Å²) in [6, 6.07) is 3.40. The second kappa shape index (κ2) is 8.97. The molecule has 1 fully saturated rings. The maximum Gasteiger partial charge on any atom is 0.217 e. The highest BCUT2D eigenvalue weighted by Crippen LogP contribution is 2.38. The Morgan fingerprint density at radius 1 is 1.09 bits per heavy atom. The second-order valence-corrected chi connectivity index (χ2v) is 4.88. The summed E-state index contributed by atoms with van der Waals surface area (Å²) in [7, 11) is 4.62. The lowest BCUT2D eigenvalue weighted by atomic mass is 10.1. The summed E-state index contributed by atoms with van der Waals surface area (Å²) in [5, 5.41) is 0. The van der Waals surface area contributed by atoms with E-state index in [-0.39, 0.29) is 22.8 Å². The molecule has 7 heteroatoms. The van der Waals surface area contributed by atoms with E-state index in [1.165, 1.54) is 4.90 Å². The van der Waals surface area contributed by atoms with Gasteiger partial charge >= 0.3 is 0 Å². The molecular formula is C15H22BrNO5. The van der Waals surface area contributed by atoms with Gasteiger partial charge in [0.2, 0.25) is 11.5 Å². The van der Waals surface area contributed by atoms with E-state index in [1.807, 2.05) is 0 Å². The van der Waals surface area contributed by atoms with Gasteiger partial charge in [0.25, 0.3) is 0 Å². The summed E-state index contributed by atoms with van der Waals surface area (Å²) < 4.78 is 21.1. The van der Waals surface area contributed by atoms with Gasteiger partial charge in [-0.3, -0.25) is 4.79 Å². The number of hydrogen-bond acceptors (Lipinski definition) is 5. The van der Waals surface area contributed by atoms with Gasteiger partial charge in [-0.25, -0.2) is 0 Å². The lowest BCUT2D eigenvalue weighted by Gasteiger charge is -2.23. The van der Waals surface area contributed by atoms with E-state index >= 15 is 0 Å². The van der Waals surface area contributed by atoms with Gasteiger partial charge < -0.3 is 40.8 Å². The van der Waals surface area contributed by atoms with Crippen LogP contribution >= 0.6 is 0 Å². The molecule has 1 aromatic carbocycles. The summed E-state index contributed by atoms with van der Waals surface area (Å²) >= 11 is 0. The number of carbonyl (C=O) groups excluding carboxylic acids is 1. The maximum absolute atomic E-state index is 12.4. The molecule has 6 nitrogen and oxygen atoms in total. The number of morpholine rings is 1. The first kappa shape index (κ1) is 18.7. The number of methoxy groups -OCH3 is 3. The Kier molecular flexibility index (Phi) is 7.64. The zero-order valence-corrected chi connectivity index (χ0v) is 14.7. The molecule has 2 rings (SSSR count). The molecule has 0 bridgehead atoms. The predicted molar refractivity (Wildman–Crippen MR) is 76.8 cm³/mol. The summed E-state index contributed by atoms with van der Waals surface area (Å²) in [5.74, 6) is 1.55. The maximum atomic E-state index is 12.4. The number of Topliss-reactive ketones (excluding diaryl/α,β-unsaturated/α-hetero) is 1. The minimum atomic E-state index is 0. The van der Waals surface area contributed by atoms with Gasteiger partial charge in [0.15, 0.2) is 11.5 Å². The van der Waals surface area contributed by atoms with Crippen molar-refractivity contribution in [1.29, 1.82) is 0 Å². The van der Waals surface area contributed by atoms with Crippen molar-refractivity contribution in [3.05, 3.63) is 17.7 Å².